The minimum absolute atomic E-state index is 0.249. The summed E-state index contributed by atoms with van der Waals surface area (Å²) in [5.41, 5.74) is 0. The van der Waals surface area contributed by atoms with Crippen LogP contribution >= 0.6 is 0 Å². The summed E-state index contributed by atoms with van der Waals surface area (Å²) in [5, 5.41) is 120. The van der Waals surface area contributed by atoms with Gasteiger partial charge in [0.1, 0.15) is 73.2 Å². The average molecular weight is 1140 g/mol. The summed E-state index contributed by atoms with van der Waals surface area (Å²) in [4.78, 5) is 13.3. The van der Waals surface area contributed by atoms with Crippen LogP contribution in [0.3, 0.4) is 0 Å². The Morgan fingerprint density at radius 3 is 1.30 bits per heavy atom. The van der Waals surface area contributed by atoms with Crippen LogP contribution in [0.25, 0.3) is 0 Å². The average Bonchev–Trinajstić information content (AvgIpc) is 3.49. The molecule has 17 atom stereocenters. The van der Waals surface area contributed by atoms with Crippen molar-refractivity contribution in [3.8, 4) is 0 Å². The summed E-state index contributed by atoms with van der Waals surface area (Å²) in [6, 6.07) is -0.966. The van der Waals surface area contributed by atoms with E-state index in [0.717, 1.165) is 44.9 Å². The van der Waals surface area contributed by atoms with E-state index in [0.29, 0.717) is 6.42 Å². The third-order valence-corrected chi connectivity index (χ3v) is 16.1. The van der Waals surface area contributed by atoms with Crippen molar-refractivity contribution in [2.75, 3.05) is 26.4 Å². The van der Waals surface area contributed by atoms with Gasteiger partial charge in [-0.2, -0.15) is 0 Å². The quantitative estimate of drug-likeness (QED) is 0.0240. The molecule has 12 N–H and O–H groups in total. The van der Waals surface area contributed by atoms with E-state index in [1.54, 1.807) is 6.08 Å². The van der Waals surface area contributed by atoms with Crippen molar-refractivity contribution in [1.29, 1.82) is 0 Å². The number of hydrogen-bond acceptors (Lipinski definition) is 18. The van der Waals surface area contributed by atoms with Gasteiger partial charge in [0.25, 0.3) is 0 Å². The van der Waals surface area contributed by atoms with Crippen LogP contribution in [-0.2, 0) is 33.2 Å². The van der Waals surface area contributed by atoms with Gasteiger partial charge in [-0.3, -0.25) is 4.79 Å². The maximum absolute atomic E-state index is 13.3. The Kier molecular flexibility index (Phi) is 40.1. The monoisotopic (exact) mass is 1140 g/mol. The van der Waals surface area contributed by atoms with Crippen molar-refractivity contribution >= 4 is 5.91 Å². The fourth-order valence-electron chi connectivity index (χ4n) is 10.8. The zero-order valence-corrected chi connectivity index (χ0v) is 48.6. The van der Waals surface area contributed by atoms with Crippen molar-refractivity contribution in [2.45, 2.75) is 336 Å². The number of hydrogen-bond donors (Lipinski definition) is 12. The molecule has 0 spiro atoms. The predicted octanol–water partition coefficient (Wildman–Crippen LogP) is 6.16. The summed E-state index contributed by atoms with van der Waals surface area (Å²) in [6.07, 6.45) is 18.1. The lowest BCUT2D eigenvalue weighted by Crippen LogP contribution is -2.65. The maximum atomic E-state index is 13.3. The van der Waals surface area contributed by atoms with E-state index in [4.69, 9.17) is 28.4 Å². The molecule has 3 heterocycles. The molecule has 3 rings (SSSR count). The lowest BCUT2D eigenvalue weighted by atomic mass is 9.97. The van der Waals surface area contributed by atoms with Gasteiger partial charge in [0.05, 0.1) is 38.6 Å². The molecule has 0 unspecified atom stereocenters. The second kappa shape index (κ2) is 44.1. The van der Waals surface area contributed by atoms with Gasteiger partial charge in [-0.25, -0.2) is 0 Å². The van der Waals surface area contributed by atoms with Crippen LogP contribution in [0, 0.1) is 0 Å². The Hall–Kier alpha value is -1.47. The number of allylic oxidation sites excluding steroid dienone is 1. The Morgan fingerprint density at radius 2 is 0.835 bits per heavy atom. The number of aliphatic hydroxyl groups excluding tert-OH is 11. The Balaban J connectivity index is 1.46. The van der Waals surface area contributed by atoms with Gasteiger partial charge in [0.2, 0.25) is 5.91 Å². The number of aliphatic hydroxyl groups is 11. The van der Waals surface area contributed by atoms with Crippen LogP contribution in [0.5, 0.6) is 0 Å². The molecule has 0 bridgehead atoms. The highest BCUT2D eigenvalue weighted by molar-refractivity contribution is 5.76. The second-order valence-corrected chi connectivity index (χ2v) is 22.9. The molecule has 0 saturated carbocycles. The van der Waals surface area contributed by atoms with Crippen LogP contribution in [0.4, 0.5) is 0 Å². The predicted molar refractivity (Wildman–Crippen MR) is 300 cm³/mol. The molecular weight excluding hydrogens is 1020 g/mol. The normalized spacial score (nSPS) is 30.3. The number of carbonyl (C=O) groups is 1. The largest absolute Gasteiger partial charge is 0.394 e. The van der Waals surface area contributed by atoms with Gasteiger partial charge in [-0.1, -0.05) is 219 Å². The first-order chi connectivity index (χ1) is 38.3. The molecule has 3 aliphatic rings. The molecule has 79 heavy (non-hydrogen) atoms. The number of nitrogens with one attached hydrogen (secondary N) is 1. The summed E-state index contributed by atoms with van der Waals surface area (Å²) in [7, 11) is 0. The number of rotatable bonds is 47. The van der Waals surface area contributed by atoms with Gasteiger partial charge in [-0.15, -0.1) is 0 Å². The topological polar surface area (TPSA) is 307 Å². The Bertz CT molecular complexity index is 1500. The number of carbonyl (C=O) groups excluding carboxylic acids is 1. The number of ether oxygens (including phenoxy) is 6. The van der Waals surface area contributed by atoms with E-state index in [1.807, 2.05) is 6.08 Å². The zero-order chi connectivity index (χ0) is 57.6. The van der Waals surface area contributed by atoms with Gasteiger partial charge in [0, 0.05) is 6.42 Å². The third kappa shape index (κ3) is 28.3. The van der Waals surface area contributed by atoms with E-state index in [1.165, 1.54) is 161 Å². The van der Waals surface area contributed by atoms with E-state index in [-0.39, 0.29) is 18.9 Å². The van der Waals surface area contributed by atoms with Gasteiger partial charge in [-0.05, 0) is 19.3 Å². The molecule has 19 heteroatoms. The van der Waals surface area contributed by atoms with E-state index >= 15 is 0 Å². The standard InChI is InChI=1S/C60H113NO18/c1-3-5-7-9-11-13-15-17-18-19-20-21-22-23-24-26-28-30-32-34-36-38-48(65)61-43(44(64)37-35-33-31-29-27-25-16-14-12-10-8-6-4-2)41-74-58-54(71)52(69)50(67)47(78-58)42-75-59-56(73)53(70)57(46(40-63)77-59)79-60-55(72)51(68)49(66)45(39-62)76-60/h35,37,43-47,49-60,62-64,66-73H,3-34,36,38-42H2,1-2H3,(H,61,65)/b37-35+/t43-,44+,45+,46+,47+,49+,50-,51-,52-,53+,54+,55+,56+,57-,58+,59+,60+/m0/s1. The highest BCUT2D eigenvalue weighted by Gasteiger charge is 2.52. The van der Waals surface area contributed by atoms with Crippen LogP contribution in [-0.4, -0.2) is 193 Å². The van der Waals surface area contributed by atoms with E-state index in [9.17, 15) is 61.0 Å². The molecule has 0 radical (unpaired) electrons. The SMILES string of the molecule is CCCCCCCCCCCCC/C=C/[C@@H](O)[C@H](CO[C@@H]1O[C@H](CO[C@@H]2O[C@H](CO)[C@H](O[C@H]3O[C@H](CO)[C@@H](O)[C@H](O)[C@H]3O)[C@H](O)[C@H]2O)[C@H](O)[C@H](O)[C@H]1O)NC(=O)CCCCCCCCCCCCCCCCCCCCCCC. The van der Waals surface area contributed by atoms with Crippen molar-refractivity contribution in [3.05, 3.63) is 12.2 Å². The highest BCUT2D eigenvalue weighted by Crippen LogP contribution is 2.31. The van der Waals surface area contributed by atoms with E-state index in [2.05, 4.69) is 19.2 Å². The van der Waals surface area contributed by atoms with Crippen LogP contribution < -0.4 is 5.32 Å². The molecule has 0 aliphatic carbocycles. The van der Waals surface area contributed by atoms with Gasteiger partial charge < -0.3 is 89.9 Å². The molecule has 1 amide bonds. The second-order valence-electron chi connectivity index (χ2n) is 22.9. The fourth-order valence-corrected chi connectivity index (χ4v) is 10.8. The molecule has 19 nitrogen and oxygen atoms in total. The minimum atomic E-state index is -1.89. The van der Waals surface area contributed by atoms with Gasteiger partial charge >= 0.3 is 0 Å². The van der Waals surface area contributed by atoms with Crippen molar-refractivity contribution in [1.82, 2.24) is 5.32 Å². The smallest absolute Gasteiger partial charge is 0.220 e. The lowest BCUT2D eigenvalue weighted by molar-refractivity contribution is -0.364. The van der Waals surface area contributed by atoms with Crippen LogP contribution in [0.2, 0.25) is 0 Å². The van der Waals surface area contributed by atoms with Crippen LogP contribution in [0.1, 0.15) is 232 Å². The van der Waals surface area contributed by atoms with Crippen molar-refractivity contribution in [2.24, 2.45) is 0 Å². The van der Waals surface area contributed by atoms with Crippen molar-refractivity contribution < 1.29 is 89.4 Å². The molecular formula is C60H113NO18. The highest BCUT2D eigenvalue weighted by atomic mass is 16.8. The molecule has 0 aromatic heterocycles. The molecule has 3 aliphatic heterocycles. The van der Waals surface area contributed by atoms with E-state index < -0.39 is 124 Å². The zero-order valence-electron chi connectivity index (χ0n) is 48.6. The van der Waals surface area contributed by atoms with Crippen LogP contribution in [0.15, 0.2) is 12.2 Å². The summed E-state index contributed by atoms with van der Waals surface area (Å²) in [6.45, 7) is 1.97. The Labute approximate surface area is 474 Å². The fraction of sp³-hybridized carbons (Fsp3) is 0.950. The van der Waals surface area contributed by atoms with Gasteiger partial charge in [0.15, 0.2) is 18.9 Å². The molecule has 0 aromatic carbocycles. The molecule has 3 fully saturated rings. The van der Waals surface area contributed by atoms with Crippen molar-refractivity contribution in [3.63, 3.8) is 0 Å². The minimum Gasteiger partial charge on any atom is -0.394 e. The first-order valence-corrected chi connectivity index (χ1v) is 31.4. The molecule has 466 valence electrons. The Morgan fingerprint density at radius 1 is 0.456 bits per heavy atom. The molecule has 0 aromatic rings. The summed E-state index contributed by atoms with van der Waals surface area (Å²) >= 11 is 0. The summed E-state index contributed by atoms with van der Waals surface area (Å²) < 4.78 is 34.1. The number of amides is 1. The summed E-state index contributed by atoms with van der Waals surface area (Å²) in [5.74, 6) is -0.272. The molecule has 3 saturated heterocycles. The lowest BCUT2D eigenvalue weighted by Gasteiger charge is -2.46. The number of unbranched alkanes of at least 4 members (excludes halogenated alkanes) is 31. The third-order valence-electron chi connectivity index (χ3n) is 16.1. The first-order valence-electron chi connectivity index (χ1n) is 31.4. The maximum Gasteiger partial charge on any atom is 0.220 e. The first kappa shape index (κ1) is 71.8.